The zero-order valence-corrected chi connectivity index (χ0v) is 13.2. The van der Waals surface area contributed by atoms with Crippen molar-refractivity contribution in [2.45, 2.75) is 6.92 Å². The number of nitrogens with zero attached hydrogens (tertiary/aromatic N) is 1. The highest BCUT2D eigenvalue weighted by atomic mass is 16.5. The van der Waals surface area contributed by atoms with E-state index in [0.717, 1.165) is 0 Å². The lowest BCUT2D eigenvalue weighted by Gasteiger charge is -2.18. The summed E-state index contributed by atoms with van der Waals surface area (Å²) < 4.78 is 4.91. The summed E-state index contributed by atoms with van der Waals surface area (Å²) in [5.74, 6) is -0.843. The molecule has 1 aromatic heterocycles. The molecule has 1 amide bonds. The second-order valence-corrected chi connectivity index (χ2v) is 5.75. The molecular formula is C19H12N2O4. The fraction of sp³-hybridized carbons (Fsp3) is 0.0526. The van der Waals surface area contributed by atoms with Crippen LogP contribution in [0, 0.1) is 6.92 Å². The van der Waals surface area contributed by atoms with Gasteiger partial charge in [-0.05, 0) is 25.1 Å². The number of aromatic nitrogens is 1. The first-order chi connectivity index (χ1) is 12.0. The number of hydrogen-bond donors (Lipinski definition) is 1. The summed E-state index contributed by atoms with van der Waals surface area (Å²) in [5, 5.41) is 6.31. The molecule has 0 saturated heterocycles. The van der Waals surface area contributed by atoms with Crippen LogP contribution in [-0.2, 0) is 0 Å². The minimum Gasteiger partial charge on any atom is -0.351 e. The van der Waals surface area contributed by atoms with Gasteiger partial charge in [0.1, 0.15) is 0 Å². The third kappa shape index (κ3) is 2.44. The van der Waals surface area contributed by atoms with Crippen molar-refractivity contribution >= 4 is 23.2 Å². The molecule has 0 spiro atoms. The molecule has 1 N–H and O–H groups in total. The normalized spacial score (nSPS) is 12.5. The van der Waals surface area contributed by atoms with Gasteiger partial charge in [-0.15, -0.1) is 0 Å². The van der Waals surface area contributed by atoms with Crippen LogP contribution in [0.3, 0.4) is 0 Å². The van der Waals surface area contributed by atoms with E-state index in [9.17, 15) is 14.4 Å². The number of amides is 1. The van der Waals surface area contributed by atoms with Crippen molar-refractivity contribution < 1.29 is 18.9 Å². The van der Waals surface area contributed by atoms with Crippen molar-refractivity contribution in [3.05, 3.63) is 82.2 Å². The van der Waals surface area contributed by atoms with Gasteiger partial charge in [0.05, 0.1) is 5.69 Å². The molecule has 0 aliphatic heterocycles. The summed E-state index contributed by atoms with van der Waals surface area (Å²) >= 11 is 0. The Morgan fingerprint density at radius 2 is 1.56 bits per heavy atom. The molecule has 4 rings (SSSR count). The van der Waals surface area contributed by atoms with E-state index in [1.807, 2.05) is 0 Å². The standard InChI is InChI=1S/C19H12N2O4/c1-10-8-16(25-21-10)19(24)20-11-6-7-14-15(9-11)18(23)13-5-3-2-4-12(13)17(14)22/h2-9H,1H3,(H,20,24). The van der Waals surface area contributed by atoms with Crippen molar-refractivity contribution in [1.82, 2.24) is 5.16 Å². The predicted octanol–water partition coefficient (Wildman–Crippen LogP) is 3.01. The van der Waals surface area contributed by atoms with Crippen LogP contribution in [0.4, 0.5) is 5.69 Å². The topological polar surface area (TPSA) is 89.3 Å². The summed E-state index contributed by atoms with van der Waals surface area (Å²) in [5.41, 5.74) is 2.36. The van der Waals surface area contributed by atoms with Crippen LogP contribution in [0.15, 0.2) is 53.1 Å². The SMILES string of the molecule is Cc1cc(C(=O)Nc2ccc3c(c2)C(=O)c2ccccc2C3=O)on1. The Labute approximate surface area is 142 Å². The number of fused-ring (bicyclic) bond motifs is 2. The zero-order valence-electron chi connectivity index (χ0n) is 13.2. The molecule has 1 aliphatic rings. The van der Waals surface area contributed by atoms with Crippen LogP contribution in [-0.4, -0.2) is 22.6 Å². The van der Waals surface area contributed by atoms with Gasteiger partial charge in [-0.2, -0.15) is 0 Å². The van der Waals surface area contributed by atoms with Crippen LogP contribution in [0.1, 0.15) is 48.1 Å². The molecule has 3 aromatic rings. The first-order valence-electron chi connectivity index (χ1n) is 7.62. The van der Waals surface area contributed by atoms with Crippen molar-refractivity contribution in [3.8, 4) is 0 Å². The Morgan fingerprint density at radius 3 is 2.20 bits per heavy atom. The van der Waals surface area contributed by atoms with Gasteiger partial charge in [-0.25, -0.2) is 0 Å². The van der Waals surface area contributed by atoms with Gasteiger partial charge in [0.15, 0.2) is 11.6 Å². The molecule has 25 heavy (non-hydrogen) atoms. The van der Waals surface area contributed by atoms with E-state index in [1.165, 1.54) is 12.1 Å². The van der Waals surface area contributed by atoms with Gasteiger partial charge in [0.25, 0.3) is 5.91 Å². The first-order valence-corrected chi connectivity index (χ1v) is 7.62. The van der Waals surface area contributed by atoms with E-state index in [0.29, 0.717) is 28.1 Å². The summed E-state index contributed by atoms with van der Waals surface area (Å²) in [6.07, 6.45) is 0. The second kappa shape index (κ2) is 5.52. The summed E-state index contributed by atoms with van der Waals surface area (Å²) in [6.45, 7) is 1.71. The van der Waals surface area contributed by atoms with Gasteiger partial charge in [0.2, 0.25) is 5.76 Å². The molecule has 0 saturated carbocycles. The van der Waals surface area contributed by atoms with Crippen molar-refractivity contribution in [2.75, 3.05) is 5.32 Å². The number of rotatable bonds is 2. The number of aryl methyl sites for hydroxylation is 1. The number of nitrogens with one attached hydrogen (secondary N) is 1. The lowest BCUT2D eigenvalue weighted by Crippen LogP contribution is -2.21. The molecule has 0 bridgehead atoms. The molecule has 0 radical (unpaired) electrons. The molecule has 0 atom stereocenters. The minimum absolute atomic E-state index is 0.0722. The number of carbonyl (C=O) groups is 3. The lowest BCUT2D eigenvalue weighted by molar-refractivity contribution is 0.0978. The third-order valence-corrected chi connectivity index (χ3v) is 4.03. The summed E-state index contributed by atoms with van der Waals surface area (Å²) in [6, 6.07) is 12.9. The van der Waals surface area contributed by atoms with E-state index in [1.54, 1.807) is 43.3 Å². The molecule has 6 heteroatoms. The molecule has 0 fully saturated rings. The maximum Gasteiger partial charge on any atom is 0.294 e. The quantitative estimate of drug-likeness (QED) is 0.609. The largest absolute Gasteiger partial charge is 0.351 e. The van der Waals surface area contributed by atoms with Crippen LogP contribution < -0.4 is 5.32 Å². The Morgan fingerprint density at radius 1 is 0.920 bits per heavy atom. The second-order valence-electron chi connectivity index (χ2n) is 5.75. The van der Waals surface area contributed by atoms with Gasteiger partial charge >= 0.3 is 0 Å². The average molecular weight is 332 g/mol. The van der Waals surface area contributed by atoms with Gasteiger partial charge in [-0.3, -0.25) is 14.4 Å². The van der Waals surface area contributed by atoms with Crippen LogP contribution in [0.2, 0.25) is 0 Å². The first kappa shape index (κ1) is 15.0. The maximum atomic E-state index is 12.7. The molecule has 122 valence electrons. The molecule has 2 aromatic carbocycles. The highest BCUT2D eigenvalue weighted by Crippen LogP contribution is 2.29. The Kier molecular flexibility index (Phi) is 3.32. The minimum atomic E-state index is -0.476. The third-order valence-electron chi connectivity index (χ3n) is 4.03. The number of benzene rings is 2. The highest BCUT2D eigenvalue weighted by Gasteiger charge is 2.29. The Hall–Kier alpha value is -3.54. The van der Waals surface area contributed by atoms with Gasteiger partial charge in [0, 0.05) is 34.0 Å². The average Bonchev–Trinajstić information content (AvgIpc) is 3.06. The van der Waals surface area contributed by atoms with E-state index < -0.39 is 5.91 Å². The van der Waals surface area contributed by atoms with E-state index in [-0.39, 0.29) is 22.9 Å². The molecule has 1 heterocycles. The molecule has 6 nitrogen and oxygen atoms in total. The van der Waals surface area contributed by atoms with E-state index in [4.69, 9.17) is 4.52 Å². The number of anilines is 1. The Bertz CT molecular complexity index is 1050. The fourth-order valence-corrected chi connectivity index (χ4v) is 2.84. The van der Waals surface area contributed by atoms with Crippen molar-refractivity contribution in [3.63, 3.8) is 0 Å². The van der Waals surface area contributed by atoms with Gasteiger partial charge < -0.3 is 9.84 Å². The maximum absolute atomic E-state index is 12.7. The molecule has 0 unspecified atom stereocenters. The van der Waals surface area contributed by atoms with Gasteiger partial charge in [-0.1, -0.05) is 29.4 Å². The lowest BCUT2D eigenvalue weighted by atomic mass is 9.84. The fourth-order valence-electron chi connectivity index (χ4n) is 2.84. The zero-order chi connectivity index (χ0) is 17.6. The van der Waals surface area contributed by atoms with Crippen LogP contribution in [0.25, 0.3) is 0 Å². The van der Waals surface area contributed by atoms with Crippen molar-refractivity contribution in [2.24, 2.45) is 0 Å². The summed E-state index contributed by atoms with van der Waals surface area (Å²) in [4.78, 5) is 37.4. The monoisotopic (exact) mass is 332 g/mol. The smallest absolute Gasteiger partial charge is 0.294 e. The van der Waals surface area contributed by atoms with E-state index >= 15 is 0 Å². The number of carbonyl (C=O) groups excluding carboxylic acids is 3. The molecular weight excluding hydrogens is 320 g/mol. The number of ketones is 2. The van der Waals surface area contributed by atoms with E-state index in [2.05, 4.69) is 10.5 Å². The number of hydrogen-bond acceptors (Lipinski definition) is 5. The van der Waals surface area contributed by atoms with Crippen LogP contribution >= 0.6 is 0 Å². The summed E-state index contributed by atoms with van der Waals surface area (Å²) in [7, 11) is 0. The van der Waals surface area contributed by atoms with Crippen molar-refractivity contribution in [1.29, 1.82) is 0 Å². The highest BCUT2D eigenvalue weighted by molar-refractivity contribution is 6.28. The Balaban J connectivity index is 1.69. The molecule has 1 aliphatic carbocycles. The predicted molar refractivity (Wildman–Crippen MR) is 88.9 cm³/mol. The van der Waals surface area contributed by atoms with Crippen LogP contribution in [0.5, 0.6) is 0 Å².